The Kier molecular flexibility index (Phi) is 2.39. The van der Waals surface area contributed by atoms with Crippen LogP contribution in [-0.4, -0.2) is 13.2 Å². The minimum absolute atomic E-state index is 0.825. The first-order valence-corrected chi connectivity index (χ1v) is 4.90. The Morgan fingerprint density at radius 2 is 2.38 bits per heavy atom. The largest absolute Gasteiger partial charge is 0.491 e. The van der Waals surface area contributed by atoms with Crippen LogP contribution in [0.15, 0.2) is 18.2 Å². The lowest BCUT2D eigenvalue weighted by molar-refractivity contribution is 0.323. The van der Waals surface area contributed by atoms with Gasteiger partial charge in [-0.25, -0.2) is 0 Å². The number of hydrogen-bond acceptors (Lipinski definition) is 2. The molecule has 0 aliphatic carbocycles. The fraction of sp³-hybridized carbons (Fsp3) is 0.455. The predicted octanol–water partition coefficient (Wildman–Crippen LogP) is 2.44. The molecule has 0 spiro atoms. The molecule has 13 heavy (non-hydrogen) atoms. The molecule has 0 saturated carbocycles. The monoisotopic (exact) mass is 177 g/mol. The van der Waals surface area contributed by atoms with Gasteiger partial charge in [0.05, 0.1) is 12.3 Å². The van der Waals surface area contributed by atoms with Gasteiger partial charge in [-0.1, -0.05) is 13.0 Å². The lowest BCUT2D eigenvalue weighted by atomic mass is 10.1. The molecule has 0 radical (unpaired) electrons. The van der Waals surface area contributed by atoms with Crippen LogP contribution < -0.4 is 10.1 Å². The number of aryl methyl sites for hydroxylation is 1. The molecule has 0 amide bonds. The van der Waals surface area contributed by atoms with E-state index in [4.69, 9.17) is 4.74 Å². The van der Waals surface area contributed by atoms with Crippen molar-refractivity contribution in [1.82, 2.24) is 0 Å². The zero-order chi connectivity index (χ0) is 9.10. The van der Waals surface area contributed by atoms with Gasteiger partial charge in [-0.3, -0.25) is 0 Å². The molecule has 0 bridgehead atoms. The van der Waals surface area contributed by atoms with Crippen molar-refractivity contribution in [2.75, 3.05) is 18.5 Å². The second-order valence-corrected chi connectivity index (χ2v) is 3.31. The van der Waals surface area contributed by atoms with Crippen molar-refractivity contribution in [3.8, 4) is 5.75 Å². The minimum Gasteiger partial charge on any atom is -0.491 e. The van der Waals surface area contributed by atoms with Crippen molar-refractivity contribution in [3.63, 3.8) is 0 Å². The summed E-state index contributed by atoms with van der Waals surface area (Å²) in [5.74, 6) is 0.995. The Morgan fingerprint density at radius 3 is 3.23 bits per heavy atom. The van der Waals surface area contributed by atoms with Crippen molar-refractivity contribution < 1.29 is 4.74 Å². The van der Waals surface area contributed by atoms with Crippen LogP contribution in [0.5, 0.6) is 5.75 Å². The molecule has 1 aliphatic heterocycles. The van der Waals surface area contributed by atoms with Crippen molar-refractivity contribution in [1.29, 1.82) is 0 Å². The summed E-state index contributed by atoms with van der Waals surface area (Å²) in [5.41, 5.74) is 2.51. The molecule has 1 aromatic carbocycles. The van der Waals surface area contributed by atoms with Gasteiger partial charge >= 0.3 is 0 Å². The maximum Gasteiger partial charge on any atom is 0.142 e. The summed E-state index contributed by atoms with van der Waals surface area (Å²) in [4.78, 5) is 0. The average Bonchev–Trinajstić information content (AvgIpc) is 2.41. The zero-order valence-corrected chi connectivity index (χ0v) is 7.97. The second-order valence-electron chi connectivity index (χ2n) is 3.31. The number of benzene rings is 1. The fourth-order valence-electron chi connectivity index (χ4n) is 1.54. The first-order chi connectivity index (χ1) is 6.40. The van der Waals surface area contributed by atoms with Gasteiger partial charge in [0.15, 0.2) is 0 Å². The van der Waals surface area contributed by atoms with Crippen LogP contribution in [0, 0.1) is 0 Å². The molecule has 0 aromatic heterocycles. The molecule has 0 unspecified atom stereocenters. The summed E-state index contributed by atoms with van der Waals surface area (Å²) in [7, 11) is 0. The normalized spacial score (nSPS) is 15.2. The summed E-state index contributed by atoms with van der Waals surface area (Å²) in [6.07, 6.45) is 2.16. The summed E-state index contributed by atoms with van der Waals surface area (Å²) < 4.78 is 5.59. The molecule has 2 rings (SSSR count). The van der Waals surface area contributed by atoms with Crippen LogP contribution in [0.1, 0.15) is 18.9 Å². The van der Waals surface area contributed by atoms with Crippen LogP contribution in [0.3, 0.4) is 0 Å². The highest BCUT2D eigenvalue weighted by Crippen LogP contribution is 2.27. The Hall–Kier alpha value is -1.18. The highest BCUT2D eigenvalue weighted by molar-refractivity contribution is 5.58. The quantitative estimate of drug-likeness (QED) is 0.711. The average molecular weight is 177 g/mol. The van der Waals surface area contributed by atoms with E-state index in [-0.39, 0.29) is 0 Å². The Labute approximate surface area is 78.9 Å². The summed E-state index contributed by atoms with van der Waals surface area (Å²) in [5, 5.41) is 3.37. The van der Waals surface area contributed by atoms with Gasteiger partial charge in [0, 0.05) is 6.54 Å². The molecule has 2 heteroatoms. The Bertz CT molecular complexity index is 296. The number of nitrogens with one attached hydrogen (secondary N) is 1. The molecule has 0 saturated heterocycles. The van der Waals surface area contributed by atoms with E-state index in [0.29, 0.717) is 0 Å². The molecule has 1 aromatic rings. The highest BCUT2D eigenvalue weighted by atomic mass is 16.5. The van der Waals surface area contributed by atoms with Crippen molar-refractivity contribution in [2.45, 2.75) is 19.8 Å². The molecule has 1 heterocycles. The van der Waals surface area contributed by atoms with E-state index in [9.17, 15) is 0 Å². The third-order valence-electron chi connectivity index (χ3n) is 2.35. The summed E-state index contributed by atoms with van der Waals surface area (Å²) >= 11 is 0. The van der Waals surface area contributed by atoms with Crippen LogP contribution in [-0.2, 0) is 6.42 Å². The minimum atomic E-state index is 0.825. The molecule has 2 nitrogen and oxygen atoms in total. The number of rotatable bonds is 1. The SMILES string of the molecule is CCc1ccc2c(c1)NCCCO2. The van der Waals surface area contributed by atoms with Crippen molar-refractivity contribution in [3.05, 3.63) is 23.8 Å². The van der Waals surface area contributed by atoms with E-state index in [2.05, 4.69) is 30.4 Å². The van der Waals surface area contributed by atoms with Gasteiger partial charge in [0.1, 0.15) is 5.75 Å². The van der Waals surface area contributed by atoms with Crippen LogP contribution in [0.4, 0.5) is 5.69 Å². The number of hydrogen-bond donors (Lipinski definition) is 1. The van der Waals surface area contributed by atoms with Gasteiger partial charge in [-0.2, -0.15) is 0 Å². The van der Waals surface area contributed by atoms with E-state index in [1.807, 2.05) is 0 Å². The topological polar surface area (TPSA) is 21.3 Å². The summed E-state index contributed by atoms with van der Waals surface area (Å²) in [6.45, 7) is 4.00. The molecular formula is C11H15NO. The maximum atomic E-state index is 5.59. The maximum absolute atomic E-state index is 5.59. The van der Waals surface area contributed by atoms with Gasteiger partial charge in [-0.15, -0.1) is 0 Å². The zero-order valence-electron chi connectivity index (χ0n) is 7.97. The number of anilines is 1. The van der Waals surface area contributed by atoms with Gasteiger partial charge in [0.2, 0.25) is 0 Å². The lowest BCUT2D eigenvalue weighted by Crippen LogP contribution is -2.00. The van der Waals surface area contributed by atoms with Gasteiger partial charge in [-0.05, 0) is 30.5 Å². The van der Waals surface area contributed by atoms with Crippen LogP contribution in [0.2, 0.25) is 0 Å². The van der Waals surface area contributed by atoms with E-state index >= 15 is 0 Å². The van der Waals surface area contributed by atoms with Gasteiger partial charge in [0.25, 0.3) is 0 Å². The summed E-state index contributed by atoms with van der Waals surface area (Å²) in [6, 6.07) is 6.37. The molecule has 1 aliphatic rings. The fourth-order valence-corrected chi connectivity index (χ4v) is 1.54. The van der Waals surface area contributed by atoms with Crippen molar-refractivity contribution >= 4 is 5.69 Å². The second kappa shape index (κ2) is 3.69. The van der Waals surface area contributed by atoms with E-state index < -0.39 is 0 Å². The lowest BCUT2D eigenvalue weighted by Gasteiger charge is -2.08. The first kappa shape index (κ1) is 8.42. The molecule has 0 atom stereocenters. The Morgan fingerprint density at radius 1 is 1.46 bits per heavy atom. The molecule has 70 valence electrons. The molecular weight excluding hydrogens is 162 g/mol. The third kappa shape index (κ3) is 1.77. The highest BCUT2D eigenvalue weighted by Gasteiger charge is 2.07. The molecule has 1 N–H and O–H groups in total. The number of ether oxygens (including phenoxy) is 1. The smallest absolute Gasteiger partial charge is 0.142 e. The standard InChI is InChI=1S/C11H15NO/c1-2-9-4-5-11-10(8-9)12-6-3-7-13-11/h4-5,8,12H,2-3,6-7H2,1H3. The Balaban J connectivity index is 2.32. The van der Waals surface area contributed by atoms with Gasteiger partial charge < -0.3 is 10.1 Å². The number of fused-ring (bicyclic) bond motifs is 1. The first-order valence-electron chi connectivity index (χ1n) is 4.90. The van der Waals surface area contributed by atoms with Crippen molar-refractivity contribution in [2.24, 2.45) is 0 Å². The molecule has 0 fully saturated rings. The van der Waals surface area contributed by atoms with E-state index in [0.717, 1.165) is 37.4 Å². The van der Waals surface area contributed by atoms with E-state index in [1.54, 1.807) is 0 Å². The van der Waals surface area contributed by atoms with E-state index in [1.165, 1.54) is 5.56 Å². The van der Waals surface area contributed by atoms with Crippen LogP contribution >= 0.6 is 0 Å². The third-order valence-corrected chi connectivity index (χ3v) is 2.35. The predicted molar refractivity (Wildman–Crippen MR) is 54.4 cm³/mol. The van der Waals surface area contributed by atoms with Crippen LogP contribution in [0.25, 0.3) is 0 Å².